The van der Waals surface area contributed by atoms with Gasteiger partial charge in [0.05, 0.1) is 13.2 Å². The number of carbonyl (C=O) groups excluding carboxylic acids is 2. The molecule has 6 nitrogen and oxygen atoms in total. The standard InChI is InChI=1S/C19H29N3O3/c1-14(2)12-18(23)21-8-10-22(11-9-21)19(24)20-15(3)16-6-5-7-17(13-16)25-4/h5-7,13-15H,8-12H2,1-4H3,(H,20,24)/t15-/m1/s1. The number of benzene rings is 1. The number of piperazine rings is 1. The Morgan fingerprint density at radius 1 is 1.12 bits per heavy atom. The van der Waals surface area contributed by atoms with E-state index in [1.807, 2.05) is 49.9 Å². The van der Waals surface area contributed by atoms with Crippen molar-refractivity contribution in [3.8, 4) is 5.75 Å². The predicted molar refractivity (Wildman–Crippen MR) is 97.5 cm³/mol. The van der Waals surface area contributed by atoms with E-state index in [2.05, 4.69) is 5.32 Å². The molecule has 1 heterocycles. The first-order chi connectivity index (χ1) is 11.9. The Labute approximate surface area is 150 Å². The van der Waals surface area contributed by atoms with Gasteiger partial charge in [0, 0.05) is 32.6 Å². The van der Waals surface area contributed by atoms with Crippen LogP contribution in [0.3, 0.4) is 0 Å². The summed E-state index contributed by atoms with van der Waals surface area (Å²) >= 11 is 0. The highest BCUT2D eigenvalue weighted by atomic mass is 16.5. The topological polar surface area (TPSA) is 61.9 Å². The van der Waals surface area contributed by atoms with Gasteiger partial charge >= 0.3 is 6.03 Å². The van der Waals surface area contributed by atoms with E-state index in [0.717, 1.165) is 11.3 Å². The second kappa shape index (κ2) is 8.74. The molecule has 6 heteroatoms. The van der Waals surface area contributed by atoms with Crippen LogP contribution in [0.2, 0.25) is 0 Å². The van der Waals surface area contributed by atoms with Gasteiger partial charge in [0.2, 0.25) is 5.91 Å². The highest BCUT2D eigenvalue weighted by Crippen LogP contribution is 2.19. The van der Waals surface area contributed by atoms with Gasteiger partial charge in [-0.05, 0) is 30.5 Å². The summed E-state index contributed by atoms with van der Waals surface area (Å²) in [4.78, 5) is 28.2. The summed E-state index contributed by atoms with van der Waals surface area (Å²) in [7, 11) is 1.63. The molecule has 0 unspecified atom stereocenters. The largest absolute Gasteiger partial charge is 0.497 e. The molecule has 1 fully saturated rings. The van der Waals surface area contributed by atoms with Crippen LogP contribution in [0.1, 0.15) is 38.8 Å². The van der Waals surface area contributed by atoms with E-state index in [4.69, 9.17) is 4.74 Å². The summed E-state index contributed by atoms with van der Waals surface area (Å²) in [6, 6.07) is 7.49. The maximum absolute atomic E-state index is 12.5. The van der Waals surface area contributed by atoms with E-state index >= 15 is 0 Å². The van der Waals surface area contributed by atoms with Gasteiger partial charge in [-0.1, -0.05) is 26.0 Å². The van der Waals surface area contributed by atoms with E-state index in [-0.39, 0.29) is 18.0 Å². The fourth-order valence-corrected chi connectivity index (χ4v) is 2.91. The molecule has 138 valence electrons. The number of nitrogens with zero attached hydrogens (tertiary/aromatic N) is 2. The molecule has 0 bridgehead atoms. The predicted octanol–water partition coefficient (Wildman–Crippen LogP) is 2.66. The van der Waals surface area contributed by atoms with Gasteiger partial charge in [-0.15, -0.1) is 0 Å². The first-order valence-electron chi connectivity index (χ1n) is 8.88. The Morgan fingerprint density at radius 2 is 1.76 bits per heavy atom. The van der Waals surface area contributed by atoms with Crippen LogP contribution in [0.25, 0.3) is 0 Å². The number of hydrogen-bond acceptors (Lipinski definition) is 3. The number of amides is 3. The number of nitrogens with one attached hydrogen (secondary N) is 1. The lowest BCUT2D eigenvalue weighted by Gasteiger charge is -2.35. The molecular formula is C19H29N3O3. The van der Waals surface area contributed by atoms with Crippen molar-refractivity contribution in [2.45, 2.75) is 33.2 Å². The molecule has 0 spiro atoms. The van der Waals surface area contributed by atoms with Crippen LogP contribution in [0.5, 0.6) is 5.75 Å². The molecule has 1 aromatic carbocycles. The normalized spacial score (nSPS) is 15.9. The average Bonchev–Trinajstić information content (AvgIpc) is 2.61. The Bertz CT molecular complexity index is 595. The minimum atomic E-state index is -0.108. The van der Waals surface area contributed by atoms with Crippen molar-refractivity contribution in [2.75, 3.05) is 33.3 Å². The summed E-state index contributed by atoms with van der Waals surface area (Å²) in [6.45, 7) is 8.39. The molecule has 1 aromatic rings. The molecule has 1 aliphatic rings. The molecule has 0 aliphatic carbocycles. The second-order valence-corrected chi connectivity index (χ2v) is 6.91. The van der Waals surface area contributed by atoms with Gasteiger partial charge in [-0.3, -0.25) is 4.79 Å². The molecule has 25 heavy (non-hydrogen) atoms. The number of carbonyl (C=O) groups is 2. The Hall–Kier alpha value is -2.24. The average molecular weight is 347 g/mol. The van der Waals surface area contributed by atoms with Crippen molar-refractivity contribution >= 4 is 11.9 Å². The molecule has 3 amide bonds. The molecule has 1 aliphatic heterocycles. The van der Waals surface area contributed by atoms with E-state index in [9.17, 15) is 9.59 Å². The zero-order valence-corrected chi connectivity index (χ0v) is 15.6. The van der Waals surface area contributed by atoms with Gasteiger partial charge in [0.15, 0.2) is 0 Å². The molecule has 1 N–H and O–H groups in total. The third kappa shape index (κ3) is 5.37. The SMILES string of the molecule is COc1cccc([C@@H](C)NC(=O)N2CCN(C(=O)CC(C)C)CC2)c1. The van der Waals surface area contributed by atoms with Gasteiger partial charge in [-0.2, -0.15) is 0 Å². The minimum Gasteiger partial charge on any atom is -0.497 e. The van der Waals surface area contributed by atoms with Crippen molar-refractivity contribution in [2.24, 2.45) is 5.92 Å². The Kier molecular flexibility index (Phi) is 6.67. The third-order valence-corrected chi connectivity index (χ3v) is 4.44. The van der Waals surface area contributed by atoms with E-state index in [1.54, 1.807) is 12.0 Å². The summed E-state index contributed by atoms with van der Waals surface area (Å²) in [6.07, 6.45) is 0.569. The van der Waals surface area contributed by atoms with E-state index in [1.165, 1.54) is 0 Å². The number of rotatable bonds is 5. The number of urea groups is 1. The van der Waals surface area contributed by atoms with Crippen molar-refractivity contribution in [3.05, 3.63) is 29.8 Å². The zero-order valence-electron chi connectivity index (χ0n) is 15.6. The number of hydrogen-bond donors (Lipinski definition) is 1. The van der Waals surface area contributed by atoms with Crippen molar-refractivity contribution in [1.82, 2.24) is 15.1 Å². The smallest absolute Gasteiger partial charge is 0.317 e. The van der Waals surface area contributed by atoms with Crippen LogP contribution in [0, 0.1) is 5.92 Å². The van der Waals surface area contributed by atoms with Crippen molar-refractivity contribution in [3.63, 3.8) is 0 Å². The molecule has 0 saturated carbocycles. The zero-order chi connectivity index (χ0) is 18.4. The van der Waals surface area contributed by atoms with E-state index in [0.29, 0.717) is 38.5 Å². The molecular weight excluding hydrogens is 318 g/mol. The number of methoxy groups -OCH3 is 1. The summed E-state index contributed by atoms with van der Waals surface area (Å²) in [5.41, 5.74) is 0.999. The van der Waals surface area contributed by atoms with Crippen LogP contribution >= 0.6 is 0 Å². The fraction of sp³-hybridized carbons (Fsp3) is 0.579. The van der Waals surface area contributed by atoms with Gasteiger partial charge in [0.1, 0.15) is 5.75 Å². The van der Waals surface area contributed by atoms with Crippen LogP contribution in [-0.2, 0) is 4.79 Å². The summed E-state index contributed by atoms with van der Waals surface area (Å²) in [5.74, 6) is 1.31. The highest BCUT2D eigenvalue weighted by molar-refractivity contribution is 5.78. The Morgan fingerprint density at radius 3 is 2.36 bits per heavy atom. The fourth-order valence-electron chi connectivity index (χ4n) is 2.91. The lowest BCUT2D eigenvalue weighted by atomic mass is 10.1. The van der Waals surface area contributed by atoms with Crippen molar-refractivity contribution < 1.29 is 14.3 Å². The maximum Gasteiger partial charge on any atom is 0.317 e. The van der Waals surface area contributed by atoms with Crippen LogP contribution < -0.4 is 10.1 Å². The Balaban J connectivity index is 1.84. The minimum absolute atomic E-state index is 0.0914. The van der Waals surface area contributed by atoms with Gasteiger partial charge < -0.3 is 19.9 Å². The van der Waals surface area contributed by atoms with Crippen LogP contribution in [0.15, 0.2) is 24.3 Å². The van der Waals surface area contributed by atoms with Crippen molar-refractivity contribution in [1.29, 1.82) is 0 Å². The lowest BCUT2D eigenvalue weighted by molar-refractivity contribution is -0.133. The molecule has 1 atom stereocenters. The quantitative estimate of drug-likeness (QED) is 0.891. The summed E-state index contributed by atoms with van der Waals surface area (Å²) < 4.78 is 5.23. The third-order valence-electron chi connectivity index (χ3n) is 4.44. The first-order valence-corrected chi connectivity index (χ1v) is 8.88. The molecule has 0 radical (unpaired) electrons. The van der Waals surface area contributed by atoms with Crippen LogP contribution in [-0.4, -0.2) is 55.0 Å². The first kappa shape index (κ1) is 19.1. The van der Waals surface area contributed by atoms with Crippen LogP contribution in [0.4, 0.5) is 4.79 Å². The van der Waals surface area contributed by atoms with E-state index < -0.39 is 0 Å². The summed E-state index contributed by atoms with van der Waals surface area (Å²) in [5, 5.41) is 3.02. The maximum atomic E-state index is 12.5. The molecule has 2 rings (SSSR count). The second-order valence-electron chi connectivity index (χ2n) is 6.91. The molecule has 1 saturated heterocycles. The highest BCUT2D eigenvalue weighted by Gasteiger charge is 2.25. The van der Waals surface area contributed by atoms with Gasteiger partial charge in [0.25, 0.3) is 0 Å². The lowest BCUT2D eigenvalue weighted by Crippen LogP contribution is -2.53. The molecule has 0 aromatic heterocycles. The van der Waals surface area contributed by atoms with Gasteiger partial charge in [-0.25, -0.2) is 4.79 Å². The monoisotopic (exact) mass is 347 g/mol. The number of ether oxygens (including phenoxy) is 1.